The molecule has 1 aromatic heterocycles. The van der Waals surface area contributed by atoms with E-state index in [1.54, 1.807) is 12.1 Å². The number of aromatic nitrogens is 1. The second kappa shape index (κ2) is 6.02. The third-order valence-corrected chi connectivity index (χ3v) is 4.81. The maximum absolute atomic E-state index is 12.1. The first-order chi connectivity index (χ1) is 10.9. The maximum atomic E-state index is 12.1. The summed E-state index contributed by atoms with van der Waals surface area (Å²) in [5.74, 6) is -0.188. The Hall–Kier alpha value is -1.64. The van der Waals surface area contributed by atoms with Gasteiger partial charge in [-0.1, -0.05) is 18.2 Å². The van der Waals surface area contributed by atoms with Gasteiger partial charge >= 0.3 is 29.6 Å². The molecule has 116 valence electrons. The summed E-state index contributed by atoms with van der Waals surface area (Å²) in [6.07, 6.45) is 0.104. The fraction of sp³-hybridized carbons (Fsp3) is 0.0625. The van der Waals surface area contributed by atoms with E-state index >= 15 is 0 Å². The number of hydrogen-bond donors (Lipinski definition) is 2. The fourth-order valence-electron chi connectivity index (χ4n) is 2.96. The van der Waals surface area contributed by atoms with Crippen LogP contribution in [0.4, 0.5) is 5.69 Å². The Morgan fingerprint density at radius 2 is 1.83 bits per heavy atom. The number of amides is 1. The van der Waals surface area contributed by atoms with Crippen LogP contribution in [0.15, 0.2) is 47.4 Å². The molecule has 2 aromatic carbocycles. The number of nitrogens with one attached hydrogen (secondary N) is 2. The van der Waals surface area contributed by atoms with E-state index < -0.39 is 10.1 Å². The number of carbonyl (C=O) groups is 1. The Bertz CT molecular complexity index is 1070. The van der Waals surface area contributed by atoms with E-state index in [1.807, 2.05) is 18.2 Å². The Morgan fingerprint density at radius 3 is 2.58 bits per heavy atom. The molecule has 24 heavy (non-hydrogen) atoms. The van der Waals surface area contributed by atoms with Crippen molar-refractivity contribution in [3.8, 4) is 11.3 Å². The quantitative estimate of drug-likeness (QED) is 0.445. The largest absolute Gasteiger partial charge is 1.00 e. The van der Waals surface area contributed by atoms with Gasteiger partial charge in [-0.25, -0.2) is 8.42 Å². The van der Waals surface area contributed by atoms with Crippen LogP contribution in [-0.2, 0) is 21.3 Å². The number of aromatic amines is 1. The summed E-state index contributed by atoms with van der Waals surface area (Å²) in [7, 11) is -4.55. The van der Waals surface area contributed by atoms with Crippen LogP contribution in [0.1, 0.15) is 5.56 Å². The van der Waals surface area contributed by atoms with Gasteiger partial charge in [0, 0.05) is 16.5 Å². The Balaban J connectivity index is 0.00000169. The summed E-state index contributed by atoms with van der Waals surface area (Å²) in [6, 6.07) is 11.5. The van der Waals surface area contributed by atoms with Gasteiger partial charge in [0.1, 0.15) is 10.1 Å². The van der Waals surface area contributed by atoms with Crippen LogP contribution in [-0.4, -0.2) is 23.9 Å². The van der Waals surface area contributed by atoms with E-state index in [9.17, 15) is 17.8 Å². The fourth-order valence-corrected chi connectivity index (χ4v) is 3.46. The summed E-state index contributed by atoms with van der Waals surface area (Å²) in [4.78, 5) is 15.0. The number of rotatable bonds is 1. The van der Waals surface area contributed by atoms with Gasteiger partial charge in [0.05, 0.1) is 22.7 Å². The van der Waals surface area contributed by atoms with E-state index in [1.165, 1.54) is 12.1 Å². The molecule has 4 rings (SSSR count). The van der Waals surface area contributed by atoms with Crippen molar-refractivity contribution in [3.05, 3.63) is 48.0 Å². The predicted molar refractivity (Wildman–Crippen MR) is 84.0 cm³/mol. The molecule has 0 fully saturated rings. The van der Waals surface area contributed by atoms with E-state index in [2.05, 4.69) is 10.3 Å². The zero-order valence-corrected chi connectivity index (χ0v) is 15.6. The van der Waals surface area contributed by atoms with Crippen molar-refractivity contribution in [3.63, 3.8) is 0 Å². The van der Waals surface area contributed by atoms with Gasteiger partial charge in [-0.15, -0.1) is 0 Å². The topological polar surface area (TPSA) is 102 Å². The van der Waals surface area contributed by atoms with Crippen LogP contribution in [0.3, 0.4) is 0 Å². The summed E-state index contributed by atoms with van der Waals surface area (Å²) < 4.78 is 33.8. The number of H-pyrrole nitrogens is 1. The zero-order chi connectivity index (χ0) is 16.2. The normalized spacial score (nSPS) is 13.5. The molecule has 1 aliphatic rings. The molecule has 0 atom stereocenters. The minimum atomic E-state index is -4.55. The molecular formula is C16H11N2NaO4S. The molecule has 0 spiro atoms. The second-order valence-electron chi connectivity index (χ2n) is 5.41. The molecular weight excluding hydrogens is 339 g/mol. The number of anilines is 1. The summed E-state index contributed by atoms with van der Waals surface area (Å²) in [6.45, 7) is 0. The SMILES string of the molecule is O=C1Cc2c([nH]c3ccc(S(=O)(=O)[O-])cc23)-c2ccccc2N1.[Na+]. The monoisotopic (exact) mass is 350 g/mol. The molecule has 1 amide bonds. The molecule has 0 radical (unpaired) electrons. The molecule has 0 bridgehead atoms. The zero-order valence-electron chi connectivity index (χ0n) is 12.8. The van der Waals surface area contributed by atoms with Gasteiger partial charge in [-0.3, -0.25) is 4.79 Å². The Kier molecular flexibility index (Phi) is 4.31. The molecule has 0 aliphatic carbocycles. The van der Waals surface area contributed by atoms with Gasteiger partial charge < -0.3 is 14.9 Å². The maximum Gasteiger partial charge on any atom is 1.00 e. The van der Waals surface area contributed by atoms with Gasteiger partial charge in [0.15, 0.2) is 0 Å². The van der Waals surface area contributed by atoms with Crippen molar-refractivity contribution in [1.29, 1.82) is 0 Å². The summed E-state index contributed by atoms with van der Waals surface area (Å²) in [5.41, 5.74) is 3.66. The van der Waals surface area contributed by atoms with Crippen LogP contribution in [0.5, 0.6) is 0 Å². The van der Waals surface area contributed by atoms with Crippen molar-refractivity contribution < 1.29 is 47.3 Å². The summed E-state index contributed by atoms with van der Waals surface area (Å²) >= 11 is 0. The number of benzene rings is 2. The van der Waals surface area contributed by atoms with E-state index in [0.29, 0.717) is 22.2 Å². The van der Waals surface area contributed by atoms with Crippen molar-refractivity contribution in [2.45, 2.75) is 11.3 Å². The molecule has 1 aliphatic heterocycles. The Morgan fingerprint density at radius 1 is 1.08 bits per heavy atom. The van der Waals surface area contributed by atoms with Gasteiger partial charge in [-0.2, -0.15) is 0 Å². The average molecular weight is 350 g/mol. The van der Waals surface area contributed by atoms with Crippen LogP contribution in [0.25, 0.3) is 22.2 Å². The minimum Gasteiger partial charge on any atom is -0.744 e. The van der Waals surface area contributed by atoms with E-state index in [0.717, 1.165) is 11.3 Å². The van der Waals surface area contributed by atoms with Gasteiger partial charge in [0.2, 0.25) is 5.91 Å². The van der Waals surface area contributed by atoms with Crippen LogP contribution < -0.4 is 34.9 Å². The van der Waals surface area contributed by atoms with Crippen LogP contribution >= 0.6 is 0 Å². The van der Waals surface area contributed by atoms with Crippen molar-refractivity contribution in [2.24, 2.45) is 0 Å². The van der Waals surface area contributed by atoms with Crippen molar-refractivity contribution in [1.82, 2.24) is 4.98 Å². The predicted octanol–water partition coefficient (Wildman–Crippen LogP) is -0.762. The smallest absolute Gasteiger partial charge is 0.744 e. The third-order valence-electron chi connectivity index (χ3n) is 3.97. The molecule has 0 saturated carbocycles. The molecule has 3 aromatic rings. The van der Waals surface area contributed by atoms with Crippen molar-refractivity contribution in [2.75, 3.05) is 5.32 Å². The molecule has 0 saturated heterocycles. The molecule has 2 heterocycles. The van der Waals surface area contributed by atoms with Crippen LogP contribution in [0.2, 0.25) is 0 Å². The first kappa shape index (κ1) is 17.2. The first-order valence-corrected chi connectivity index (χ1v) is 8.34. The molecule has 2 N–H and O–H groups in total. The number of fused-ring (bicyclic) bond motifs is 5. The van der Waals surface area contributed by atoms with Crippen LogP contribution in [0, 0.1) is 0 Å². The molecule has 8 heteroatoms. The summed E-state index contributed by atoms with van der Waals surface area (Å²) in [5, 5.41) is 3.40. The Labute approximate surface area is 160 Å². The van der Waals surface area contributed by atoms with E-state index in [4.69, 9.17) is 0 Å². The first-order valence-electron chi connectivity index (χ1n) is 6.93. The molecule has 6 nitrogen and oxygen atoms in total. The number of hydrogen-bond acceptors (Lipinski definition) is 4. The van der Waals surface area contributed by atoms with Gasteiger partial charge in [0.25, 0.3) is 0 Å². The van der Waals surface area contributed by atoms with E-state index in [-0.39, 0.29) is 46.8 Å². The van der Waals surface area contributed by atoms with Crippen molar-refractivity contribution >= 4 is 32.6 Å². The average Bonchev–Trinajstić information content (AvgIpc) is 2.77. The third kappa shape index (κ3) is 2.78. The number of para-hydroxylation sites is 1. The standard InChI is InChI=1S/C16H12N2O4S.Na/c19-15-8-12-11-7-9(23(20,21)22)5-6-14(11)18-16(12)10-3-1-2-4-13(10)17-15;/h1-7,18H,8H2,(H,17,19)(H,20,21,22);/q;+1/p-1. The van der Waals surface area contributed by atoms with Gasteiger partial charge in [-0.05, 0) is 29.8 Å². The molecule has 0 unspecified atom stereocenters. The number of carbonyl (C=O) groups excluding carboxylic acids is 1. The second-order valence-corrected chi connectivity index (χ2v) is 6.79. The minimum absolute atomic E-state index is 0.